The number of carbonyl (C=O) groups excluding carboxylic acids is 2. The summed E-state index contributed by atoms with van der Waals surface area (Å²) in [4.78, 5) is 24.7. The monoisotopic (exact) mass is 448 g/mol. The first-order chi connectivity index (χ1) is 14.7. The van der Waals surface area contributed by atoms with Gasteiger partial charge in [-0.3, -0.25) is 9.59 Å². The van der Waals surface area contributed by atoms with E-state index in [2.05, 4.69) is 10.0 Å². The Morgan fingerprint density at radius 1 is 1.00 bits per heavy atom. The number of anilines is 1. The molecule has 3 rings (SSSR count). The van der Waals surface area contributed by atoms with Crippen molar-refractivity contribution in [2.24, 2.45) is 0 Å². The number of benzene rings is 2. The van der Waals surface area contributed by atoms with Crippen LogP contribution in [-0.2, 0) is 24.3 Å². The molecule has 0 aromatic heterocycles. The van der Waals surface area contributed by atoms with Crippen molar-refractivity contribution in [3.8, 4) is 11.5 Å². The van der Waals surface area contributed by atoms with Crippen LogP contribution >= 0.6 is 0 Å². The summed E-state index contributed by atoms with van der Waals surface area (Å²) in [5.41, 5.74) is 1.36. The highest BCUT2D eigenvalue weighted by Gasteiger charge is 2.26. The van der Waals surface area contributed by atoms with Crippen molar-refractivity contribution in [1.29, 1.82) is 0 Å². The first-order valence-electron chi connectivity index (χ1n) is 9.66. The zero-order chi connectivity index (χ0) is 22.6. The fourth-order valence-electron chi connectivity index (χ4n) is 2.76. The van der Waals surface area contributed by atoms with E-state index in [-0.39, 0.29) is 4.90 Å². The number of aryl methyl sites for hydroxylation is 1. The summed E-state index contributed by atoms with van der Waals surface area (Å²) >= 11 is 0. The first-order valence-corrected chi connectivity index (χ1v) is 11.1. The fraction of sp³-hybridized carbons (Fsp3) is 0.333. The normalized spacial score (nSPS) is 14.9. The first kappa shape index (κ1) is 22.6. The van der Waals surface area contributed by atoms with Gasteiger partial charge < -0.3 is 19.5 Å². The molecule has 1 amide bonds. The van der Waals surface area contributed by atoms with Gasteiger partial charge in [0.25, 0.3) is 5.91 Å². The van der Waals surface area contributed by atoms with Crippen molar-refractivity contribution in [2.75, 3.05) is 18.5 Å². The van der Waals surface area contributed by atoms with Gasteiger partial charge in [-0.05, 0) is 45.0 Å². The molecule has 2 N–H and O–H groups in total. The molecule has 31 heavy (non-hydrogen) atoms. The van der Waals surface area contributed by atoms with Crippen LogP contribution in [0.4, 0.5) is 5.69 Å². The maximum absolute atomic E-state index is 12.4. The lowest BCUT2D eigenvalue weighted by Gasteiger charge is -2.20. The van der Waals surface area contributed by atoms with Crippen molar-refractivity contribution >= 4 is 27.6 Å². The lowest BCUT2D eigenvalue weighted by molar-refractivity contribution is -0.154. The van der Waals surface area contributed by atoms with Crippen LogP contribution < -0.4 is 19.5 Å². The number of rotatable bonds is 7. The number of carbonyl (C=O) groups is 2. The molecule has 2 atom stereocenters. The molecule has 0 saturated carbocycles. The van der Waals surface area contributed by atoms with E-state index >= 15 is 0 Å². The molecule has 0 spiro atoms. The maximum atomic E-state index is 12.4. The van der Waals surface area contributed by atoms with Crippen LogP contribution in [0.5, 0.6) is 11.5 Å². The molecule has 0 radical (unpaired) electrons. The average Bonchev–Trinajstić information content (AvgIpc) is 2.73. The zero-order valence-electron chi connectivity index (χ0n) is 17.4. The summed E-state index contributed by atoms with van der Waals surface area (Å²) in [5, 5.41) is 2.63. The Morgan fingerprint density at radius 3 is 2.32 bits per heavy atom. The summed E-state index contributed by atoms with van der Waals surface area (Å²) < 4.78 is 43.1. The number of hydrogen-bond acceptors (Lipinski definition) is 7. The standard InChI is InChI=1S/C21H24N2O7S/c1-13-4-7-17(8-5-13)31(26,27)23-14(2)21(25)30-15(3)20(24)22-16-6-9-18-19(12-16)29-11-10-28-18/h4-9,12,14-15,23H,10-11H2,1-3H3,(H,22,24)/t14-,15?/m0/s1. The molecule has 1 aliphatic rings. The summed E-state index contributed by atoms with van der Waals surface area (Å²) in [6.07, 6.45) is -1.15. The predicted molar refractivity (Wildman–Crippen MR) is 113 cm³/mol. The summed E-state index contributed by atoms with van der Waals surface area (Å²) in [5.74, 6) is -0.356. The molecule has 0 saturated heterocycles. The third kappa shape index (κ3) is 5.74. The molecule has 1 aliphatic heterocycles. The minimum atomic E-state index is -3.91. The minimum absolute atomic E-state index is 0.0298. The maximum Gasteiger partial charge on any atom is 0.324 e. The number of sulfonamides is 1. The van der Waals surface area contributed by atoms with E-state index in [0.29, 0.717) is 30.4 Å². The Kier molecular flexibility index (Phi) is 6.81. The highest BCUT2D eigenvalue weighted by molar-refractivity contribution is 7.89. The minimum Gasteiger partial charge on any atom is -0.486 e. The van der Waals surface area contributed by atoms with E-state index in [1.165, 1.54) is 26.0 Å². The van der Waals surface area contributed by atoms with E-state index in [1.54, 1.807) is 30.3 Å². The Hall–Kier alpha value is -3.11. The number of nitrogens with one attached hydrogen (secondary N) is 2. The SMILES string of the molecule is Cc1ccc(S(=O)(=O)N[C@@H](C)C(=O)OC(C)C(=O)Nc2ccc3c(c2)OCCO3)cc1. The van der Waals surface area contributed by atoms with E-state index in [1.807, 2.05) is 6.92 Å². The number of ether oxygens (including phenoxy) is 3. The Bertz CT molecular complexity index is 1070. The van der Waals surface area contributed by atoms with Gasteiger partial charge in [0.2, 0.25) is 10.0 Å². The highest BCUT2D eigenvalue weighted by Crippen LogP contribution is 2.32. The second kappa shape index (κ2) is 9.36. The molecule has 1 heterocycles. The average molecular weight is 448 g/mol. The fourth-order valence-corrected chi connectivity index (χ4v) is 3.95. The van der Waals surface area contributed by atoms with Gasteiger partial charge in [-0.2, -0.15) is 4.72 Å². The van der Waals surface area contributed by atoms with E-state index in [4.69, 9.17) is 14.2 Å². The van der Waals surface area contributed by atoms with Gasteiger partial charge in [0.15, 0.2) is 17.6 Å². The van der Waals surface area contributed by atoms with Crippen LogP contribution in [0.15, 0.2) is 47.4 Å². The second-order valence-corrected chi connectivity index (χ2v) is 8.80. The molecule has 9 nitrogen and oxygen atoms in total. The largest absolute Gasteiger partial charge is 0.486 e. The molecular weight excluding hydrogens is 424 g/mol. The Labute approximate surface area is 180 Å². The molecule has 166 valence electrons. The smallest absolute Gasteiger partial charge is 0.324 e. The highest BCUT2D eigenvalue weighted by atomic mass is 32.2. The van der Waals surface area contributed by atoms with E-state index < -0.39 is 34.0 Å². The molecular formula is C21H24N2O7S. The van der Waals surface area contributed by atoms with Gasteiger partial charge in [-0.15, -0.1) is 0 Å². The van der Waals surface area contributed by atoms with Crippen LogP contribution in [0.25, 0.3) is 0 Å². The van der Waals surface area contributed by atoms with Crippen LogP contribution in [-0.4, -0.2) is 45.7 Å². The van der Waals surface area contributed by atoms with Gasteiger partial charge in [0, 0.05) is 11.8 Å². The molecule has 10 heteroatoms. The molecule has 0 bridgehead atoms. The predicted octanol–water partition coefficient (Wildman–Crippen LogP) is 2.00. The summed E-state index contributed by atoms with van der Waals surface area (Å²) in [6.45, 7) is 5.44. The van der Waals surface area contributed by atoms with Gasteiger partial charge in [0.1, 0.15) is 19.3 Å². The summed E-state index contributed by atoms with van der Waals surface area (Å²) in [7, 11) is -3.91. The second-order valence-electron chi connectivity index (χ2n) is 7.08. The topological polar surface area (TPSA) is 120 Å². The number of amides is 1. The molecule has 2 aromatic carbocycles. The quantitative estimate of drug-likeness (QED) is 0.622. The lowest BCUT2D eigenvalue weighted by atomic mass is 10.2. The van der Waals surface area contributed by atoms with Gasteiger partial charge in [-0.25, -0.2) is 8.42 Å². The van der Waals surface area contributed by atoms with Gasteiger partial charge in [0.05, 0.1) is 4.90 Å². The lowest BCUT2D eigenvalue weighted by Crippen LogP contribution is -2.42. The van der Waals surface area contributed by atoms with Crippen LogP contribution in [0.1, 0.15) is 19.4 Å². The van der Waals surface area contributed by atoms with Crippen molar-refractivity contribution in [2.45, 2.75) is 37.8 Å². The number of hydrogen-bond donors (Lipinski definition) is 2. The van der Waals surface area contributed by atoms with Crippen molar-refractivity contribution in [3.05, 3.63) is 48.0 Å². The molecule has 0 fully saturated rings. The van der Waals surface area contributed by atoms with Crippen LogP contribution in [0, 0.1) is 6.92 Å². The molecule has 2 aromatic rings. The van der Waals surface area contributed by atoms with Crippen molar-refractivity contribution in [3.63, 3.8) is 0 Å². The number of fused-ring (bicyclic) bond motifs is 1. The summed E-state index contributed by atoms with van der Waals surface area (Å²) in [6, 6.07) is 9.93. The van der Waals surface area contributed by atoms with E-state index in [9.17, 15) is 18.0 Å². The molecule has 0 aliphatic carbocycles. The zero-order valence-corrected chi connectivity index (χ0v) is 18.2. The third-order valence-corrected chi connectivity index (χ3v) is 6.05. The van der Waals surface area contributed by atoms with Gasteiger partial charge >= 0.3 is 5.97 Å². The molecule has 1 unspecified atom stereocenters. The van der Waals surface area contributed by atoms with Crippen molar-refractivity contribution < 1.29 is 32.2 Å². The Balaban J connectivity index is 1.56. The van der Waals surface area contributed by atoms with E-state index in [0.717, 1.165) is 5.56 Å². The van der Waals surface area contributed by atoms with Crippen molar-refractivity contribution in [1.82, 2.24) is 4.72 Å². The van der Waals surface area contributed by atoms with Gasteiger partial charge in [-0.1, -0.05) is 17.7 Å². The number of esters is 1. The van der Waals surface area contributed by atoms with Crippen LogP contribution in [0.3, 0.4) is 0 Å². The Morgan fingerprint density at radius 2 is 1.65 bits per heavy atom. The third-order valence-electron chi connectivity index (χ3n) is 4.49. The van der Waals surface area contributed by atoms with Crippen LogP contribution in [0.2, 0.25) is 0 Å².